The van der Waals surface area contributed by atoms with Crippen molar-refractivity contribution in [2.24, 2.45) is 0 Å². The van der Waals surface area contributed by atoms with Gasteiger partial charge in [0.1, 0.15) is 5.78 Å². The van der Waals surface area contributed by atoms with Gasteiger partial charge < -0.3 is 5.32 Å². The fourth-order valence-corrected chi connectivity index (χ4v) is 1.53. The lowest BCUT2D eigenvalue weighted by molar-refractivity contribution is -0.137. The Morgan fingerprint density at radius 2 is 1.83 bits per heavy atom. The fourth-order valence-electron chi connectivity index (χ4n) is 1.53. The number of carbonyl (C=O) groups excluding carboxylic acids is 1. The second-order valence-corrected chi connectivity index (χ2v) is 4.01. The second-order valence-electron chi connectivity index (χ2n) is 4.01. The largest absolute Gasteiger partial charge is 0.416 e. The van der Waals surface area contributed by atoms with Crippen LogP contribution in [0.2, 0.25) is 0 Å². The molecule has 18 heavy (non-hydrogen) atoms. The van der Waals surface area contributed by atoms with Crippen LogP contribution in [0.4, 0.5) is 13.2 Å². The Bertz CT molecular complexity index is 384. The normalized spacial score (nSPS) is 11.6. The summed E-state index contributed by atoms with van der Waals surface area (Å²) in [7, 11) is 0. The third-order valence-electron chi connectivity index (χ3n) is 2.51. The molecule has 1 rings (SSSR count). The molecule has 0 fully saturated rings. The van der Waals surface area contributed by atoms with E-state index < -0.39 is 11.7 Å². The highest BCUT2D eigenvalue weighted by molar-refractivity contribution is 5.81. The van der Waals surface area contributed by atoms with Crippen molar-refractivity contribution in [1.29, 1.82) is 0 Å². The van der Waals surface area contributed by atoms with Crippen LogP contribution in [0, 0.1) is 0 Å². The van der Waals surface area contributed by atoms with Crippen molar-refractivity contribution in [2.75, 3.05) is 13.1 Å². The summed E-state index contributed by atoms with van der Waals surface area (Å²) in [5.41, 5.74) is -0.0733. The summed E-state index contributed by atoms with van der Waals surface area (Å²) in [5.74, 6) is 0.0238. The Kier molecular flexibility index (Phi) is 5.34. The minimum atomic E-state index is -4.33. The molecule has 1 N–H and O–H groups in total. The molecule has 1 aromatic carbocycles. The molecular weight excluding hydrogens is 243 g/mol. The Morgan fingerprint density at radius 3 is 2.33 bits per heavy atom. The maximum atomic E-state index is 12.3. The number of hydrogen-bond acceptors (Lipinski definition) is 2. The summed E-state index contributed by atoms with van der Waals surface area (Å²) in [6, 6.07) is 4.72. The molecule has 0 aliphatic heterocycles. The highest BCUT2D eigenvalue weighted by Crippen LogP contribution is 2.29. The minimum Gasteiger partial charge on any atom is -0.317 e. The molecule has 2 nitrogen and oxygen atoms in total. The molecule has 0 aliphatic carbocycles. The van der Waals surface area contributed by atoms with Gasteiger partial charge in [-0.25, -0.2) is 0 Å². The number of rotatable bonds is 6. The smallest absolute Gasteiger partial charge is 0.317 e. The first-order valence-electron chi connectivity index (χ1n) is 5.82. The lowest BCUT2D eigenvalue weighted by Gasteiger charge is -2.07. The molecule has 1 aromatic rings. The van der Waals surface area contributed by atoms with Crippen LogP contribution in [0.1, 0.15) is 24.5 Å². The number of Topliss-reactive ketones (excluding diaryl/α,β-unsaturated/α-hetero) is 1. The van der Waals surface area contributed by atoms with Gasteiger partial charge in [-0.2, -0.15) is 13.2 Å². The van der Waals surface area contributed by atoms with Crippen molar-refractivity contribution in [3.63, 3.8) is 0 Å². The van der Waals surface area contributed by atoms with E-state index in [1.165, 1.54) is 12.1 Å². The van der Waals surface area contributed by atoms with Gasteiger partial charge in [-0.15, -0.1) is 0 Å². The zero-order valence-electron chi connectivity index (χ0n) is 10.2. The summed E-state index contributed by atoms with van der Waals surface area (Å²) >= 11 is 0. The van der Waals surface area contributed by atoms with Crippen molar-refractivity contribution < 1.29 is 18.0 Å². The monoisotopic (exact) mass is 259 g/mol. The maximum Gasteiger partial charge on any atom is 0.416 e. The SMILES string of the molecule is CCNCCC(=O)Cc1ccc(C(F)(F)F)cc1. The van der Waals surface area contributed by atoms with Gasteiger partial charge in [0, 0.05) is 19.4 Å². The molecular formula is C13H16F3NO. The summed E-state index contributed by atoms with van der Waals surface area (Å²) in [6.07, 6.45) is -3.74. The van der Waals surface area contributed by atoms with E-state index in [-0.39, 0.29) is 12.2 Å². The molecule has 0 aromatic heterocycles. The fraction of sp³-hybridized carbons (Fsp3) is 0.462. The third-order valence-corrected chi connectivity index (χ3v) is 2.51. The van der Waals surface area contributed by atoms with Crippen LogP contribution in [0.15, 0.2) is 24.3 Å². The van der Waals surface area contributed by atoms with E-state index in [0.29, 0.717) is 18.5 Å². The van der Waals surface area contributed by atoms with Gasteiger partial charge in [0.15, 0.2) is 0 Å². The van der Waals surface area contributed by atoms with E-state index >= 15 is 0 Å². The van der Waals surface area contributed by atoms with Crippen LogP contribution in [-0.2, 0) is 17.4 Å². The van der Waals surface area contributed by atoms with Crippen molar-refractivity contribution in [3.05, 3.63) is 35.4 Å². The van der Waals surface area contributed by atoms with Crippen LogP contribution in [0.3, 0.4) is 0 Å². The van der Waals surface area contributed by atoms with E-state index in [0.717, 1.165) is 18.7 Å². The molecule has 0 heterocycles. The van der Waals surface area contributed by atoms with Crippen LogP contribution in [0.25, 0.3) is 0 Å². The topological polar surface area (TPSA) is 29.1 Å². The Labute approximate surface area is 104 Å². The van der Waals surface area contributed by atoms with E-state index in [1.807, 2.05) is 6.92 Å². The maximum absolute atomic E-state index is 12.3. The molecule has 100 valence electrons. The molecule has 0 atom stereocenters. The van der Waals surface area contributed by atoms with Crippen LogP contribution in [0.5, 0.6) is 0 Å². The third kappa shape index (κ3) is 4.87. The zero-order chi connectivity index (χ0) is 13.6. The number of carbonyl (C=O) groups is 1. The molecule has 0 amide bonds. The Hall–Kier alpha value is -1.36. The lowest BCUT2D eigenvalue weighted by Crippen LogP contribution is -2.18. The number of ketones is 1. The van der Waals surface area contributed by atoms with Crippen molar-refractivity contribution >= 4 is 5.78 Å². The highest BCUT2D eigenvalue weighted by Gasteiger charge is 2.29. The minimum absolute atomic E-state index is 0.0238. The Morgan fingerprint density at radius 1 is 1.22 bits per heavy atom. The Balaban J connectivity index is 2.51. The number of hydrogen-bond donors (Lipinski definition) is 1. The zero-order valence-corrected chi connectivity index (χ0v) is 10.2. The highest BCUT2D eigenvalue weighted by atomic mass is 19.4. The second kappa shape index (κ2) is 6.54. The van der Waals surface area contributed by atoms with Crippen LogP contribution >= 0.6 is 0 Å². The first kappa shape index (κ1) is 14.7. The van der Waals surface area contributed by atoms with Gasteiger partial charge >= 0.3 is 6.18 Å². The number of benzene rings is 1. The van der Waals surface area contributed by atoms with Gasteiger partial charge in [-0.3, -0.25) is 4.79 Å². The lowest BCUT2D eigenvalue weighted by atomic mass is 10.0. The molecule has 0 saturated carbocycles. The molecule has 5 heteroatoms. The first-order valence-corrected chi connectivity index (χ1v) is 5.82. The molecule has 0 saturated heterocycles. The predicted molar refractivity (Wildman–Crippen MR) is 63.3 cm³/mol. The van der Waals surface area contributed by atoms with Crippen molar-refractivity contribution in [2.45, 2.75) is 25.9 Å². The van der Waals surface area contributed by atoms with Crippen molar-refractivity contribution in [3.8, 4) is 0 Å². The van der Waals surface area contributed by atoms with Gasteiger partial charge in [-0.1, -0.05) is 19.1 Å². The molecule has 0 spiro atoms. The van der Waals surface area contributed by atoms with Gasteiger partial charge in [0.25, 0.3) is 0 Å². The summed E-state index contributed by atoms with van der Waals surface area (Å²) in [6.45, 7) is 3.35. The average molecular weight is 259 g/mol. The molecule has 0 aliphatic rings. The van der Waals surface area contributed by atoms with E-state index in [4.69, 9.17) is 0 Å². The van der Waals surface area contributed by atoms with E-state index in [9.17, 15) is 18.0 Å². The molecule has 0 radical (unpaired) electrons. The van der Waals surface area contributed by atoms with E-state index in [2.05, 4.69) is 5.32 Å². The van der Waals surface area contributed by atoms with Gasteiger partial charge in [0.2, 0.25) is 0 Å². The quantitative estimate of drug-likeness (QED) is 0.796. The number of alkyl halides is 3. The van der Waals surface area contributed by atoms with Gasteiger partial charge in [-0.05, 0) is 24.2 Å². The number of nitrogens with one attached hydrogen (secondary N) is 1. The van der Waals surface area contributed by atoms with Crippen LogP contribution < -0.4 is 5.32 Å². The van der Waals surface area contributed by atoms with Gasteiger partial charge in [0.05, 0.1) is 5.56 Å². The average Bonchev–Trinajstić information content (AvgIpc) is 2.29. The molecule has 0 bridgehead atoms. The molecule has 0 unspecified atom stereocenters. The summed E-state index contributed by atoms with van der Waals surface area (Å²) < 4.78 is 36.9. The standard InChI is InChI=1S/C13H16F3NO/c1-2-17-8-7-12(18)9-10-3-5-11(6-4-10)13(14,15)16/h3-6,17H,2,7-9H2,1H3. The summed E-state index contributed by atoms with van der Waals surface area (Å²) in [4.78, 5) is 11.5. The number of halogens is 3. The summed E-state index contributed by atoms with van der Waals surface area (Å²) in [5, 5.41) is 3.02. The first-order chi connectivity index (χ1) is 8.43. The predicted octanol–water partition coefficient (Wildman–Crippen LogP) is 2.82. The van der Waals surface area contributed by atoms with E-state index in [1.54, 1.807) is 0 Å². The van der Waals surface area contributed by atoms with Crippen molar-refractivity contribution in [1.82, 2.24) is 5.32 Å². The van der Waals surface area contributed by atoms with Crippen LogP contribution in [-0.4, -0.2) is 18.9 Å².